The summed E-state index contributed by atoms with van der Waals surface area (Å²) in [6, 6.07) is 9.32. The highest BCUT2D eigenvalue weighted by Gasteiger charge is 2.58. The molecule has 2 atom stereocenters. The van der Waals surface area contributed by atoms with Crippen LogP contribution in [0.15, 0.2) is 24.3 Å². The van der Waals surface area contributed by atoms with Crippen molar-refractivity contribution in [3.8, 4) is 6.07 Å². The molecule has 0 unspecified atom stereocenters. The molecule has 142 valence electrons. The quantitative estimate of drug-likeness (QED) is 0.839. The summed E-state index contributed by atoms with van der Waals surface area (Å²) in [7, 11) is -3.50. The normalized spacial score (nSPS) is 27.6. The van der Waals surface area contributed by atoms with Crippen molar-refractivity contribution in [3.05, 3.63) is 29.8 Å². The van der Waals surface area contributed by atoms with Crippen molar-refractivity contribution in [1.29, 1.82) is 5.26 Å². The van der Waals surface area contributed by atoms with E-state index in [9.17, 15) is 23.3 Å². The fourth-order valence-electron chi connectivity index (χ4n) is 4.66. The molecular weight excluding hydrogens is 366 g/mol. The number of hydrogen-bond acceptors (Lipinski definition) is 5. The van der Waals surface area contributed by atoms with Crippen molar-refractivity contribution in [2.75, 3.05) is 24.2 Å². The van der Waals surface area contributed by atoms with Crippen molar-refractivity contribution in [1.82, 2.24) is 4.90 Å². The third-order valence-corrected chi connectivity index (χ3v) is 8.28. The molecule has 0 radical (unpaired) electrons. The Morgan fingerprint density at radius 2 is 2.00 bits per heavy atom. The molecule has 2 amide bonds. The van der Waals surface area contributed by atoms with Gasteiger partial charge in [-0.25, -0.2) is 8.42 Å². The van der Waals surface area contributed by atoms with Crippen LogP contribution in [0, 0.1) is 17.2 Å². The molecule has 1 aromatic carbocycles. The zero-order chi connectivity index (χ0) is 19.2. The highest BCUT2D eigenvalue weighted by atomic mass is 32.2. The Kier molecular flexibility index (Phi) is 4.22. The van der Waals surface area contributed by atoms with Crippen LogP contribution in [0.5, 0.6) is 0 Å². The summed E-state index contributed by atoms with van der Waals surface area (Å²) >= 11 is 0. The van der Waals surface area contributed by atoms with Gasteiger partial charge in [-0.05, 0) is 24.5 Å². The van der Waals surface area contributed by atoms with Crippen molar-refractivity contribution in [2.45, 2.75) is 36.3 Å². The van der Waals surface area contributed by atoms with Gasteiger partial charge in [0.25, 0.3) is 0 Å². The molecule has 27 heavy (non-hydrogen) atoms. The van der Waals surface area contributed by atoms with Crippen molar-refractivity contribution in [3.63, 3.8) is 0 Å². The molecule has 1 saturated carbocycles. The molecule has 1 aromatic rings. The molecule has 0 aromatic heterocycles. The monoisotopic (exact) mass is 387 g/mol. The lowest BCUT2D eigenvalue weighted by Gasteiger charge is -2.24. The number of likely N-dealkylation sites (tertiary alicyclic amines) is 1. The van der Waals surface area contributed by atoms with Crippen LogP contribution in [0.2, 0.25) is 0 Å². The molecule has 1 saturated heterocycles. The Balaban J connectivity index is 1.60. The van der Waals surface area contributed by atoms with E-state index in [0.717, 1.165) is 12.8 Å². The zero-order valence-corrected chi connectivity index (χ0v) is 15.7. The largest absolute Gasteiger partial charge is 0.339 e. The maximum atomic E-state index is 12.8. The molecule has 1 spiro atoms. The molecule has 4 rings (SSSR count). The lowest BCUT2D eigenvalue weighted by Crippen LogP contribution is -2.43. The highest BCUT2D eigenvalue weighted by molar-refractivity contribution is 7.92. The lowest BCUT2D eigenvalue weighted by atomic mass is 9.74. The zero-order valence-electron chi connectivity index (χ0n) is 14.8. The van der Waals surface area contributed by atoms with Crippen molar-refractivity contribution >= 4 is 27.3 Å². The number of benzene rings is 1. The number of rotatable bonds is 3. The Hall–Kier alpha value is -2.40. The number of nitrogens with one attached hydrogen (secondary N) is 1. The van der Waals surface area contributed by atoms with Crippen molar-refractivity contribution in [2.24, 2.45) is 5.92 Å². The number of anilines is 1. The fraction of sp³-hybridized carbons (Fsp3) is 0.526. The first-order valence-corrected chi connectivity index (χ1v) is 10.9. The van der Waals surface area contributed by atoms with E-state index in [2.05, 4.69) is 11.4 Å². The van der Waals surface area contributed by atoms with Crippen LogP contribution in [0.25, 0.3) is 0 Å². The predicted octanol–water partition coefficient (Wildman–Crippen LogP) is 1.22. The number of para-hydroxylation sites is 1. The number of carbonyl (C=O) groups excluding carboxylic acids is 2. The second kappa shape index (κ2) is 6.34. The van der Waals surface area contributed by atoms with Crippen LogP contribution in [0.4, 0.5) is 5.69 Å². The Bertz CT molecular complexity index is 946. The summed E-state index contributed by atoms with van der Waals surface area (Å²) in [5.74, 6) is -2.07. The first-order chi connectivity index (χ1) is 12.9. The van der Waals surface area contributed by atoms with E-state index in [1.165, 1.54) is 4.90 Å². The van der Waals surface area contributed by atoms with E-state index in [0.29, 0.717) is 24.1 Å². The molecule has 2 aliphatic heterocycles. The summed E-state index contributed by atoms with van der Waals surface area (Å²) in [6.45, 7) is 0.102. The summed E-state index contributed by atoms with van der Waals surface area (Å²) in [5.41, 5.74) is 0.226. The van der Waals surface area contributed by atoms with Gasteiger partial charge in [0.05, 0.1) is 17.2 Å². The molecule has 2 fully saturated rings. The van der Waals surface area contributed by atoms with Crippen LogP contribution >= 0.6 is 0 Å². The molecule has 0 bridgehead atoms. The number of nitrogens with zero attached hydrogens (tertiary/aromatic N) is 2. The van der Waals surface area contributed by atoms with E-state index < -0.39 is 38.1 Å². The average molecular weight is 387 g/mol. The van der Waals surface area contributed by atoms with Gasteiger partial charge in [0.1, 0.15) is 11.2 Å². The van der Waals surface area contributed by atoms with Gasteiger partial charge in [0.15, 0.2) is 9.84 Å². The number of fused-ring (bicyclic) bond motifs is 2. The maximum absolute atomic E-state index is 12.8. The molecular formula is C19H21N3O4S. The van der Waals surface area contributed by atoms with Gasteiger partial charge in [-0.1, -0.05) is 31.0 Å². The maximum Gasteiger partial charge on any atom is 0.238 e. The number of nitriles is 1. The van der Waals surface area contributed by atoms with Crippen LogP contribution in [-0.2, 0) is 24.8 Å². The predicted molar refractivity (Wildman–Crippen MR) is 98.5 cm³/mol. The van der Waals surface area contributed by atoms with Gasteiger partial charge >= 0.3 is 0 Å². The molecule has 2 heterocycles. The van der Waals surface area contributed by atoms with Gasteiger partial charge in [-0.15, -0.1) is 0 Å². The lowest BCUT2D eigenvalue weighted by molar-refractivity contribution is -0.128. The second-order valence-corrected chi connectivity index (χ2v) is 9.92. The van der Waals surface area contributed by atoms with Crippen LogP contribution in [-0.4, -0.2) is 49.2 Å². The smallest absolute Gasteiger partial charge is 0.238 e. The number of amides is 2. The van der Waals surface area contributed by atoms with Gasteiger partial charge in [-0.2, -0.15) is 5.26 Å². The second-order valence-electron chi connectivity index (χ2n) is 7.64. The third kappa shape index (κ3) is 2.72. The van der Waals surface area contributed by atoms with E-state index in [-0.39, 0.29) is 19.0 Å². The van der Waals surface area contributed by atoms with Gasteiger partial charge in [0, 0.05) is 18.8 Å². The van der Waals surface area contributed by atoms with E-state index in [1.54, 1.807) is 24.3 Å². The molecule has 7 nitrogen and oxygen atoms in total. The summed E-state index contributed by atoms with van der Waals surface area (Å²) < 4.78 is 25.1. The van der Waals surface area contributed by atoms with Gasteiger partial charge < -0.3 is 10.2 Å². The Labute approximate surface area is 158 Å². The summed E-state index contributed by atoms with van der Waals surface area (Å²) in [4.78, 5) is 26.9. The fourth-order valence-corrected chi connectivity index (χ4v) is 6.48. The summed E-state index contributed by atoms with van der Waals surface area (Å²) in [6.07, 6.45) is 2.96. The van der Waals surface area contributed by atoms with E-state index in [1.807, 2.05) is 0 Å². The first-order valence-electron chi connectivity index (χ1n) is 9.18. The standard InChI is InChI=1S/C19H21N3O4S/c20-9-13-10-22(17(23)11-27(25,26)14-5-1-2-6-14)12-19(13)15-7-3-4-8-16(15)21-18(19)24/h3-4,7-8,13-14H,1-2,5-6,10-12H2,(H,21,24)/t13-,19-/m1/s1. The highest BCUT2D eigenvalue weighted by Crippen LogP contribution is 2.47. The minimum atomic E-state index is -3.50. The Morgan fingerprint density at radius 1 is 1.30 bits per heavy atom. The van der Waals surface area contributed by atoms with Crippen LogP contribution in [0.3, 0.4) is 0 Å². The Morgan fingerprint density at radius 3 is 2.70 bits per heavy atom. The third-order valence-electron chi connectivity index (χ3n) is 6.14. The molecule has 1 N–H and O–H groups in total. The molecule has 1 aliphatic carbocycles. The van der Waals surface area contributed by atoms with Gasteiger partial charge in [0.2, 0.25) is 11.8 Å². The van der Waals surface area contributed by atoms with Crippen LogP contribution < -0.4 is 5.32 Å². The number of sulfone groups is 1. The SMILES string of the molecule is N#C[C@@H]1CN(C(=O)CS(=O)(=O)C2CCCC2)C[C@@]12C(=O)Nc1ccccc12. The number of hydrogen-bond donors (Lipinski definition) is 1. The summed E-state index contributed by atoms with van der Waals surface area (Å²) in [5, 5.41) is 12.0. The minimum absolute atomic E-state index is 0.0348. The van der Waals surface area contributed by atoms with Crippen molar-refractivity contribution < 1.29 is 18.0 Å². The number of carbonyl (C=O) groups is 2. The average Bonchev–Trinajstić information content (AvgIpc) is 3.35. The topological polar surface area (TPSA) is 107 Å². The first kappa shape index (κ1) is 18.0. The molecule has 8 heteroatoms. The minimum Gasteiger partial charge on any atom is -0.339 e. The van der Waals surface area contributed by atoms with E-state index in [4.69, 9.17) is 0 Å². The van der Waals surface area contributed by atoms with E-state index >= 15 is 0 Å². The van der Waals surface area contributed by atoms with Gasteiger partial charge in [-0.3, -0.25) is 9.59 Å². The van der Waals surface area contributed by atoms with Crippen LogP contribution in [0.1, 0.15) is 31.2 Å². The molecule has 3 aliphatic rings.